The minimum absolute atomic E-state index is 0.579. The Morgan fingerprint density at radius 3 is 3.12 bits per heavy atom. The lowest BCUT2D eigenvalue weighted by molar-refractivity contribution is 0.535. The maximum absolute atomic E-state index is 3.66. The van der Waals surface area contributed by atoms with Crippen LogP contribution in [0.4, 0.5) is 0 Å². The predicted molar refractivity (Wildman–Crippen MR) is 71.2 cm³/mol. The van der Waals surface area contributed by atoms with Crippen LogP contribution in [0.5, 0.6) is 0 Å². The molecule has 0 radical (unpaired) electrons. The van der Waals surface area contributed by atoms with Crippen LogP contribution in [0.1, 0.15) is 36.2 Å². The maximum Gasteiger partial charge on any atom is 0.0415 e. The summed E-state index contributed by atoms with van der Waals surface area (Å²) in [7, 11) is 0. The van der Waals surface area contributed by atoms with Gasteiger partial charge < -0.3 is 5.32 Å². The highest BCUT2D eigenvalue weighted by atomic mass is 32.1. The molecule has 1 atom stereocenters. The average Bonchev–Trinajstić information content (AvgIpc) is 2.56. The molecule has 0 bridgehead atoms. The Labute approximate surface area is 100 Å². The molecule has 84 valence electrons. The zero-order valence-corrected chi connectivity index (χ0v) is 10.4. The van der Waals surface area contributed by atoms with E-state index in [0.717, 1.165) is 6.54 Å². The van der Waals surface area contributed by atoms with Crippen molar-refractivity contribution in [1.29, 1.82) is 0 Å². The third-order valence-corrected chi connectivity index (χ3v) is 4.78. The Bertz CT molecular complexity index is 500. The van der Waals surface area contributed by atoms with Crippen molar-refractivity contribution in [2.45, 2.75) is 32.2 Å². The summed E-state index contributed by atoms with van der Waals surface area (Å²) in [4.78, 5) is 1.58. The van der Waals surface area contributed by atoms with E-state index in [9.17, 15) is 0 Å². The second-order valence-corrected chi connectivity index (χ2v) is 5.54. The molecule has 2 heterocycles. The van der Waals surface area contributed by atoms with Gasteiger partial charge in [-0.3, -0.25) is 0 Å². The topological polar surface area (TPSA) is 12.0 Å². The molecular weight excluding hydrogens is 214 g/mol. The highest BCUT2D eigenvalue weighted by Gasteiger charge is 2.20. The molecule has 1 unspecified atom stereocenters. The minimum Gasteiger partial charge on any atom is -0.309 e. The van der Waals surface area contributed by atoms with Crippen molar-refractivity contribution in [3.8, 4) is 0 Å². The number of hydrogen-bond acceptors (Lipinski definition) is 2. The largest absolute Gasteiger partial charge is 0.309 e. The van der Waals surface area contributed by atoms with Crippen LogP contribution in [0.2, 0.25) is 0 Å². The van der Waals surface area contributed by atoms with Crippen molar-refractivity contribution in [1.82, 2.24) is 5.32 Å². The zero-order valence-electron chi connectivity index (χ0n) is 9.62. The predicted octanol–water partition coefficient (Wildman–Crippen LogP) is 3.89. The van der Waals surface area contributed by atoms with Gasteiger partial charge in [-0.05, 0) is 42.8 Å². The smallest absolute Gasteiger partial charge is 0.0415 e. The van der Waals surface area contributed by atoms with Crippen molar-refractivity contribution in [3.63, 3.8) is 0 Å². The number of fused-ring (bicyclic) bond motifs is 3. The molecule has 1 N–H and O–H groups in total. The summed E-state index contributed by atoms with van der Waals surface area (Å²) in [6.45, 7) is 3.44. The van der Waals surface area contributed by atoms with Crippen molar-refractivity contribution in [2.75, 3.05) is 6.54 Å². The summed E-state index contributed by atoms with van der Waals surface area (Å²) in [5.41, 5.74) is 1.61. The molecule has 1 aliphatic rings. The lowest BCUT2D eigenvalue weighted by atomic mass is 10.0. The summed E-state index contributed by atoms with van der Waals surface area (Å²) >= 11 is 1.98. The molecule has 3 rings (SSSR count). The molecule has 0 spiro atoms. The monoisotopic (exact) mass is 231 g/mol. The summed E-state index contributed by atoms with van der Waals surface area (Å²) in [6, 6.07) is 9.42. The van der Waals surface area contributed by atoms with E-state index in [0.29, 0.717) is 6.04 Å². The van der Waals surface area contributed by atoms with Gasteiger partial charge in [0.15, 0.2) is 0 Å². The Hall–Kier alpha value is -0.860. The Morgan fingerprint density at radius 1 is 1.38 bits per heavy atom. The Morgan fingerprint density at radius 2 is 2.25 bits per heavy atom. The number of nitrogens with one attached hydrogen (secondary N) is 1. The molecule has 0 saturated heterocycles. The average molecular weight is 231 g/mol. The first-order valence-corrected chi connectivity index (χ1v) is 6.95. The van der Waals surface area contributed by atoms with Crippen LogP contribution in [0.15, 0.2) is 24.3 Å². The summed E-state index contributed by atoms with van der Waals surface area (Å²) in [5.74, 6) is 0. The number of aryl methyl sites for hydroxylation is 1. The summed E-state index contributed by atoms with van der Waals surface area (Å²) < 4.78 is 1.45. The van der Waals surface area contributed by atoms with Crippen molar-refractivity contribution < 1.29 is 0 Å². The summed E-state index contributed by atoms with van der Waals surface area (Å²) in [6.07, 6.45) is 3.70. The SMILES string of the molecule is CCC1NCCCc2c1sc1ccccc21. The molecule has 0 aliphatic carbocycles. The molecule has 0 amide bonds. The molecule has 2 aromatic rings. The third-order valence-electron chi connectivity index (χ3n) is 3.45. The number of hydrogen-bond donors (Lipinski definition) is 1. The standard InChI is InChI=1S/C14H17NS/c1-2-12-14-11(7-5-9-15-12)10-6-3-4-8-13(10)16-14/h3-4,6,8,12,15H,2,5,7,9H2,1H3. The van der Waals surface area contributed by atoms with E-state index in [4.69, 9.17) is 0 Å². The minimum atomic E-state index is 0.579. The van der Waals surface area contributed by atoms with Crippen molar-refractivity contribution in [3.05, 3.63) is 34.7 Å². The van der Waals surface area contributed by atoms with Gasteiger partial charge in [0.2, 0.25) is 0 Å². The van der Waals surface area contributed by atoms with E-state index < -0.39 is 0 Å². The lowest BCUT2D eigenvalue weighted by Crippen LogP contribution is -2.19. The van der Waals surface area contributed by atoms with Crippen LogP contribution < -0.4 is 5.32 Å². The normalized spacial score (nSPS) is 20.7. The van der Waals surface area contributed by atoms with Crippen LogP contribution in [-0.2, 0) is 6.42 Å². The molecule has 1 aromatic carbocycles. The lowest BCUT2D eigenvalue weighted by Gasteiger charge is -2.13. The molecule has 0 saturated carbocycles. The number of thiophene rings is 1. The van der Waals surface area contributed by atoms with E-state index in [1.54, 1.807) is 10.4 Å². The fraction of sp³-hybridized carbons (Fsp3) is 0.429. The van der Waals surface area contributed by atoms with Gasteiger partial charge in [0, 0.05) is 15.6 Å². The first kappa shape index (κ1) is 10.3. The van der Waals surface area contributed by atoms with Gasteiger partial charge in [0.05, 0.1) is 0 Å². The number of rotatable bonds is 1. The van der Waals surface area contributed by atoms with E-state index in [1.807, 2.05) is 11.3 Å². The second-order valence-electron chi connectivity index (χ2n) is 4.46. The molecular formula is C14H17NS. The van der Waals surface area contributed by atoms with Gasteiger partial charge in [0.1, 0.15) is 0 Å². The quantitative estimate of drug-likeness (QED) is 0.785. The molecule has 1 nitrogen and oxygen atoms in total. The highest BCUT2D eigenvalue weighted by Crippen LogP contribution is 2.38. The second kappa shape index (κ2) is 4.19. The first-order valence-electron chi connectivity index (χ1n) is 6.14. The Balaban J connectivity index is 2.21. The maximum atomic E-state index is 3.66. The van der Waals surface area contributed by atoms with Gasteiger partial charge in [-0.25, -0.2) is 0 Å². The Kier molecular flexibility index (Phi) is 2.70. The first-order chi connectivity index (χ1) is 7.90. The van der Waals surface area contributed by atoms with Crippen molar-refractivity contribution >= 4 is 21.4 Å². The highest BCUT2D eigenvalue weighted by molar-refractivity contribution is 7.19. The van der Waals surface area contributed by atoms with E-state index in [-0.39, 0.29) is 0 Å². The summed E-state index contributed by atoms with van der Waals surface area (Å²) in [5, 5.41) is 5.15. The fourth-order valence-corrected chi connectivity index (χ4v) is 4.03. The van der Waals surface area contributed by atoms with Gasteiger partial charge in [0.25, 0.3) is 0 Å². The molecule has 1 aliphatic heterocycles. The van der Waals surface area contributed by atoms with E-state index in [1.165, 1.54) is 29.3 Å². The van der Waals surface area contributed by atoms with Gasteiger partial charge in [-0.15, -0.1) is 11.3 Å². The van der Waals surface area contributed by atoms with Crippen LogP contribution in [0.3, 0.4) is 0 Å². The van der Waals surface area contributed by atoms with E-state index >= 15 is 0 Å². The van der Waals surface area contributed by atoms with Crippen molar-refractivity contribution in [2.24, 2.45) is 0 Å². The van der Waals surface area contributed by atoms with E-state index in [2.05, 4.69) is 36.5 Å². The zero-order chi connectivity index (χ0) is 11.0. The molecule has 2 heteroatoms. The van der Waals surface area contributed by atoms with Crippen LogP contribution in [0, 0.1) is 0 Å². The molecule has 0 fully saturated rings. The number of benzene rings is 1. The fourth-order valence-electron chi connectivity index (χ4n) is 2.62. The van der Waals surface area contributed by atoms with Crippen LogP contribution >= 0.6 is 11.3 Å². The molecule has 16 heavy (non-hydrogen) atoms. The van der Waals surface area contributed by atoms with Crippen LogP contribution in [-0.4, -0.2) is 6.54 Å². The van der Waals surface area contributed by atoms with Gasteiger partial charge >= 0.3 is 0 Å². The van der Waals surface area contributed by atoms with Gasteiger partial charge in [-0.2, -0.15) is 0 Å². The van der Waals surface area contributed by atoms with Crippen LogP contribution in [0.25, 0.3) is 10.1 Å². The van der Waals surface area contributed by atoms with Gasteiger partial charge in [-0.1, -0.05) is 25.1 Å². The molecule has 1 aromatic heterocycles. The third kappa shape index (κ3) is 1.57.